The second-order valence-corrected chi connectivity index (χ2v) is 9.99. The van der Waals surface area contributed by atoms with Gasteiger partial charge >= 0.3 is 0 Å². The number of carbonyl (C=O) groups excluding carboxylic acids is 1. The molecule has 0 saturated carbocycles. The highest BCUT2D eigenvalue weighted by molar-refractivity contribution is 6.30. The van der Waals surface area contributed by atoms with Crippen LogP contribution in [0.3, 0.4) is 0 Å². The average Bonchev–Trinajstić information content (AvgIpc) is 3.12. The van der Waals surface area contributed by atoms with E-state index in [1.165, 1.54) is 18.5 Å². The highest BCUT2D eigenvalue weighted by atomic mass is 35.5. The Hall–Kier alpha value is -2.29. The van der Waals surface area contributed by atoms with Crippen molar-refractivity contribution in [1.29, 1.82) is 0 Å². The molecule has 34 heavy (non-hydrogen) atoms. The van der Waals surface area contributed by atoms with Gasteiger partial charge in [-0.05, 0) is 43.0 Å². The van der Waals surface area contributed by atoms with Crippen LogP contribution in [0, 0.1) is 5.82 Å². The second-order valence-electron chi connectivity index (χ2n) is 9.58. The maximum absolute atomic E-state index is 14.2. The standard InChI is InChI=1S/C25H33ClFN5O2/c1-15(2)28-7-6-18(17-4-5-19(26)20(27)13-17)25(34)32-10-8-31(9-11-32)24-22-16(3)12-21(33)23(22)29-14-30-24/h4-5,13-16,18,21,28,33H,6-12H2,1-3H3/t16-,18-,21-/m1/s1. The van der Waals surface area contributed by atoms with Crippen LogP contribution >= 0.6 is 11.6 Å². The zero-order chi connectivity index (χ0) is 24.4. The molecule has 1 amide bonds. The number of nitrogens with zero attached hydrogens (tertiary/aromatic N) is 4. The van der Waals surface area contributed by atoms with E-state index in [4.69, 9.17) is 11.6 Å². The molecule has 0 unspecified atom stereocenters. The number of carbonyl (C=O) groups is 1. The molecule has 2 N–H and O–H groups in total. The lowest BCUT2D eigenvalue weighted by Crippen LogP contribution is -2.50. The molecule has 184 valence electrons. The van der Waals surface area contributed by atoms with Crippen molar-refractivity contribution in [3.8, 4) is 0 Å². The Labute approximate surface area is 205 Å². The molecule has 2 aromatic rings. The van der Waals surface area contributed by atoms with Gasteiger partial charge in [-0.3, -0.25) is 4.79 Å². The first-order chi connectivity index (χ1) is 16.3. The van der Waals surface area contributed by atoms with E-state index in [0.717, 1.165) is 17.1 Å². The molecule has 1 aromatic heterocycles. The van der Waals surface area contributed by atoms with Crippen molar-refractivity contribution in [1.82, 2.24) is 20.2 Å². The molecule has 1 aliphatic heterocycles. The van der Waals surface area contributed by atoms with Gasteiger partial charge in [0, 0.05) is 37.8 Å². The van der Waals surface area contributed by atoms with E-state index in [2.05, 4.69) is 41.0 Å². The largest absolute Gasteiger partial charge is 0.387 e. The van der Waals surface area contributed by atoms with Crippen molar-refractivity contribution in [3.05, 3.63) is 52.2 Å². The lowest BCUT2D eigenvalue weighted by molar-refractivity contribution is -0.133. The number of halogens is 2. The number of hydrogen-bond acceptors (Lipinski definition) is 6. The van der Waals surface area contributed by atoms with E-state index in [1.54, 1.807) is 6.07 Å². The lowest BCUT2D eigenvalue weighted by Gasteiger charge is -2.38. The summed E-state index contributed by atoms with van der Waals surface area (Å²) in [4.78, 5) is 26.4. The minimum Gasteiger partial charge on any atom is -0.387 e. The third-order valence-electron chi connectivity index (χ3n) is 6.80. The molecule has 0 bridgehead atoms. The SMILES string of the molecule is CC(C)NCC[C@@H](C(=O)N1CCN(c2ncnc3c2[C@H](C)C[C@H]3O)CC1)c1ccc(Cl)c(F)c1. The predicted octanol–water partition coefficient (Wildman–Crippen LogP) is 3.63. The topological polar surface area (TPSA) is 81.6 Å². The molecule has 0 radical (unpaired) electrons. The summed E-state index contributed by atoms with van der Waals surface area (Å²) in [6.45, 7) is 9.25. The number of aliphatic hydroxyl groups excluding tert-OH is 1. The molecule has 1 saturated heterocycles. The van der Waals surface area contributed by atoms with Crippen molar-refractivity contribution < 1.29 is 14.3 Å². The molecular weight excluding hydrogens is 457 g/mol. The maximum Gasteiger partial charge on any atom is 0.230 e. The normalized spacial score (nSPS) is 21.1. The van der Waals surface area contributed by atoms with Crippen LogP contribution in [0.25, 0.3) is 0 Å². The van der Waals surface area contributed by atoms with E-state index < -0.39 is 17.8 Å². The van der Waals surface area contributed by atoms with Gasteiger partial charge < -0.3 is 20.2 Å². The van der Waals surface area contributed by atoms with Gasteiger partial charge in [-0.15, -0.1) is 0 Å². The summed E-state index contributed by atoms with van der Waals surface area (Å²) in [5.74, 6) is 0.108. The molecule has 4 rings (SSSR count). The van der Waals surface area contributed by atoms with Crippen LogP contribution in [0.1, 0.15) is 68.4 Å². The van der Waals surface area contributed by atoms with Crippen molar-refractivity contribution in [2.75, 3.05) is 37.6 Å². The minimum atomic E-state index is -0.547. The number of anilines is 1. The van der Waals surface area contributed by atoms with E-state index in [1.807, 2.05) is 4.90 Å². The van der Waals surface area contributed by atoms with Gasteiger partial charge in [0.05, 0.1) is 22.7 Å². The zero-order valence-corrected chi connectivity index (χ0v) is 20.7. The van der Waals surface area contributed by atoms with Gasteiger partial charge in [0.15, 0.2) is 0 Å². The van der Waals surface area contributed by atoms with E-state index in [0.29, 0.717) is 57.2 Å². The van der Waals surface area contributed by atoms with Gasteiger partial charge in [0.2, 0.25) is 5.91 Å². The molecule has 1 fully saturated rings. The highest BCUT2D eigenvalue weighted by Crippen LogP contribution is 2.42. The number of benzene rings is 1. The van der Waals surface area contributed by atoms with Crippen LogP contribution in [0.15, 0.2) is 24.5 Å². The summed E-state index contributed by atoms with van der Waals surface area (Å²) >= 11 is 5.88. The predicted molar refractivity (Wildman–Crippen MR) is 131 cm³/mol. The van der Waals surface area contributed by atoms with Crippen molar-refractivity contribution in [2.45, 2.75) is 57.6 Å². The molecule has 1 aromatic carbocycles. The number of piperazine rings is 1. The molecular formula is C25H33ClFN5O2. The maximum atomic E-state index is 14.2. The van der Waals surface area contributed by atoms with Gasteiger partial charge in [0.1, 0.15) is 18.0 Å². The highest BCUT2D eigenvalue weighted by Gasteiger charge is 2.35. The van der Waals surface area contributed by atoms with E-state index in [-0.39, 0.29) is 16.8 Å². The summed E-state index contributed by atoms with van der Waals surface area (Å²) < 4.78 is 14.2. The van der Waals surface area contributed by atoms with Crippen LogP contribution in [-0.4, -0.2) is 64.6 Å². The molecule has 2 heterocycles. The zero-order valence-electron chi connectivity index (χ0n) is 20.0. The fourth-order valence-electron chi connectivity index (χ4n) is 4.99. The Morgan fingerprint density at radius 1 is 1.26 bits per heavy atom. The smallest absolute Gasteiger partial charge is 0.230 e. The first-order valence-electron chi connectivity index (χ1n) is 12.0. The second kappa shape index (κ2) is 10.5. The van der Waals surface area contributed by atoms with Crippen LogP contribution in [-0.2, 0) is 4.79 Å². The third kappa shape index (κ3) is 5.19. The third-order valence-corrected chi connectivity index (χ3v) is 7.11. The van der Waals surface area contributed by atoms with E-state index in [9.17, 15) is 14.3 Å². The van der Waals surface area contributed by atoms with Crippen molar-refractivity contribution in [3.63, 3.8) is 0 Å². The Balaban J connectivity index is 1.47. The summed E-state index contributed by atoms with van der Waals surface area (Å²) in [6, 6.07) is 4.95. The monoisotopic (exact) mass is 489 g/mol. The first kappa shape index (κ1) is 24.8. The summed E-state index contributed by atoms with van der Waals surface area (Å²) in [6.07, 6.45) is 2.20. The minimum absolute atomic E-state index is 0.00337. The number of nitrogens with one attached hydrogen (secondary N) is 1. The van der Waals surface area contributed by atoms with Gasteiger partial charge in [0.25, 0.3) is 0 Å². The Morgan fingerprint density at radius 2 is 2.00 bits per heavy atom. The molecule has 1 aliphatic carbocycles. The Morgan fingerprint density at radius 3 is 2.68 bits per heavy atom. The summed E-state index contributed by atoms with van der Waals surface area (Å²) in [7, 11) is 0. The summed E-state index contributed by atoms with van der Waals surface area (Å²) in [5.41, 5.74) is 2.39. The summed E-state index contributed by atoms with van der Waals surface area (Å²) in [5, 5.41) is 13.7. The Kier molecular flexibility index (Phi) is 7.70. The van der Waals surface area contributed by atoms with Crippen LogP contribution in [0.2, 0.25) is 5.02 Å². The molecule has 2 aliphatic rings. The van der Waals surface area contributed by atoms with Crippen LogP contribution in [0.4, 0.5) is 10.2 Å². The molecule has 0 spiro atoms. The van der Waals surface area contributed by atoms with E-state index >= 15 is 0 Å². The number of rotatable bonds is 7. The van der Waals surface area contributed by atoms with Gasteiger partial charge in [-0.2, -0.15) is 0 Å². The van der Waals surface area contributed by atoms with Gasteiger partial charge in [-0.1, -0.05) is 38.4 Å². The average molecular weight is 490 g/mol. The van der Waals surface area contributed by atoms with Gasteiger partial charge in [-0.25, -0.2) is 14.4 Å². The number of hydrogen-bond donors (Lipinski definition) is 2. The molecule has 9 heteroatoms. The van der Waals surface area contributed by atoms with Crippen molar-refractivity contribution in [2.24, 2.45) is 0 Å². The number of fused-ring (bicyclic) bond motifs is 1. The number of aromatic nitrogens is 2. The van der Waals surface area contributed by atoms with Crippen molar-refractivity contribution >= 4 is 23.3 Å². The van der Waals surface area contributed by atoms with Crippen LogP contribution in [0.5, 0.6) is 0 Å². The number of amides is 1. The Bertz CT molecular complexity index is 1030. The first-order valence-corrected chi connectivity index (χ1v) is 12.4. The lowest BCUT2D eigenvalue weighted by atomic mass is 9.93. The van der Waals surface area contributed by atoms with Crippen LogP contribution < -0.4 is 10.2 Å². The fourth-order valence-corrected chi connectivity index (χ4v) is 5.11. The quantitative estimate of drug-likeness (QED) is 0.618. The fraction of sp³-hybridized carbons (Fsp3) is 0.560. The molecule has 7 nitrogen and oxygen atoms in total. The molecule has 3 atom stereocenters. The number of aliphatic hydroxyl groups is 1.